The molecule has 0 aromatic heterocycles. The number of hydrogen-bond acceptors (Lipinski definition) is 6. The van der Waals surface area contributed by atoms with Gasteiger partial charge in [-0.2, -0.15) is 21.6 Å². The van der Waals surface area contributed by atoms with E-state index in [0.717, 1.165) is 0 Å². The Kier molecular flexibility index (Phi) is 6.98. The maximum Gasteiger partial charge on any atom is 0.523 e. The highest BCUT2D eigenvalue weighted by Gasteiger charge is 2.50. The molecule has 0 aliphatic heterocycles. The molecule has 1 unspecified atom stereocenters. The number of hydrogen-bond donors (Lipinski definition) is 0. The molecule has 0 spiro atoms. The first kappa shape index (κ1) is 21.4. The second kappa shape index (κ2) is 8.15. The Bertz CT molecular complexity index is 665. The first-order valence-electron chi connectivity index (χ1n) is 7.16. The van der Waals surface area contributed by atoms with E-state index in [1.54, 1.807) is 30.3 Å². The molecule has 142 valence electrons. The van der Waals surface area contributed by atoms with Gasteiger partial charge in [0.1, 0.15) is 5.60 Å². The largest absolute Gasteiger partial charge is 0.523 e. The van der Waals surface area contributed by atoms with Crippen molar-refractivity contribution < 1.29 is 40.0 Å². The summed E-state index contributed by atoms with van der Waals surface area (Å²) in [6.07, 6.45) is -2.07. The number of carbonyl (C=O) groups excluding carboxylic acids is 1. The minimum absolute atomic E-state index is 0.0461. The predicted octanol–water partition coefficient (Wildman–Crippen LogP) is 2.78. The van der Waals surface area contributed by atoms with Crippen LogP contribution < -0.4 is 0 Å². The van der Waals surface area contributed by atoms with Crippen LogP contribution in [0.2, 0.25) is 0 Å². The topological polar surface area (TPSA) is 78.9 Å². The van der Waals surface area contributed by atoms with Crippen molar-refractivity contribution in [1.29, 1.82) is 0 Å². The van der Waals surface area contributed by atoms with Gasteiger partial charge in [0.05, 0.1) is 13.2 Å². The van der Waals surface area contributed by atoms with Gasteiger partial charge in [-0.05, 0) is 26.3 Å². The lowest BCUT2D eigenvalue weighted by Gasteiger charge is -2.24. The van der Waals surface area contributed by atoms with E-state index >= 15 is 0 Å². The average molecular weight is 384 g/mol. The van der Waals surface area contributed by atoms with Crippen LogP contribution in [-0.2, 0) is 35.2 Å². The molecular formula is C15H19F3O6S. The van der Waals surface area contributed by atoms with Crippen molar-refractivity contribution in [1.82, 2.24) is 0 Å². The highest BCUT2D eigenvalue weighted by Crippen LogP contribution is 2.26. The SMILES string of the molecule is CC(C)(C)OC(=O)C(COCc1ccccc1)OS(=O)(=O)C(F)(F)F. The summed E-state index contributed by atoms with van der Waals surface area (Å²) in [4.78, 5) is 11.9. The number of esters is 1. The summed E-state index contributed by atoms with van der Waals surface area (Å²) in [7, 11) is -5.97. The smallest absolute Gasteiger partial charge is 0.458 e. The van der Waals surface area contributed by atoms with Gasteiger partial charge in [-0.25, -0.2) is 8.98 Å². The van der Waals surface area contributed by atoms with Crippen LogP contribution in [0.5, 0.6) is 0 Å². The fourth-order valence-electron chi connectivity index (χ4n) is 1.57. The number of alkyl halides is 3. The molecular weight excluding hydrogens is 365 g/mol. The van der Waals surface area contributed by atoms with Crippen molar-refractivity contribution in [3.05, 3.63) is 35.9 Å². The highest BCUT2D eigenvalue weighted by molar-refractivity contribution is 7.87. The van der Waals surface area contributed by atoms with Gasteiger partial charge in [0, 0.05) is 0 Å². The molecule has 0 N–H and O–H groups in total. The fourth-order valence-corrected chi connectivity index (χ4v) is 2.12. The minimum Gasteiger partial charge on any atom is -0.458 e. The van der Waals surface area contributed by atoms with E-state index in [1.165, 1.54) is 20.8 Å². The van der Waals surface area contributed by atoms with Gasteiger partial charge in [0.15, 0.2) is 6.10 Å². The summed E-state index contributed by atoms with van der Waals surface area (Å²) in [5.41, 5.74) is -6.02. The van der Waals surface area contributed by atoms with Gasteiger partial charge in [0.25, 0.3) is 0 Å². The molecule has 0 fully saturated rings. The van der Waals surface area contributed by atoms with Crippen molar-refractivity contribution in [2.75, 3.05) is 6.61 Å². The number of benzene rings is 1. The number of halogens is 3. The number of ether oxygens (including phenoxy) is 2. The van der Waals surface area contributed by atoms with Crippen molar-refractivity contribution in [3.8, 4) is 0 Å². The zero-order chi connectivity index (χ0) is 19.3. The van der Waals surface area contributed by atoms with Crippen molar-refractivity contribution in [3.63, 3.8) is 0 Å². The molecule has 0 amide bonds. The lowest BCUT2D eigenvalue weighted by molar-refractivity contribution is -0.167. The normalized spacial score (nSPS) is 14.2. The number of rotatable bonds is 7. The molecule has 0 saturated carbocycles. The highest BCUT2D eigenvalue weighted by atomic mass is 32.2. The quantitative estimate of drug-likeness (QED) is 0.409. The van der Waals surface area contributed by atoms with Crippen molar-refractivity contribution >= 4 is 16.1 Å². The monoisotopic (exact) mass is 384 g/mol. The van der Waals surface area contributed by atoms with Gasteiger partial charge in [0.2, 0.25) is 0 Å². The van der Waals surface area contributed by atoms with Gasteiger partial charge in [-0.3, -0.25) is 0 Å². The van der Waals surface area contributed by atoms with Crippen LogP contribution in [0.15, 0.2) is 30.3 Å². The van der Waals surface area contributed by atoms with E-state index < -0.39 is 39.9 Å². The van der Waals surface area contributed by atoms with E-state index in [4.69, 9.17) is 9.47 Å². The minimum atomic E-state index is -5.97. The van der Waals surface area contributed by atoms with E-state index in [0.29, 0.717) is 5.56 Å². The third kappa shape index (κ3) is 7.41. The molecule has 10 heteroatoms. The van der Waals surface area contributed by atoms with Crippen LogP contribution >= 0.6 is 0 Å². The molecule has 6 nitrogen and oxygen atoms in total. The second-order valence-corrected chi connectivity index (χ2v) is 7.58. The molecule has 0 saturated heterocycles. The summed E-state index contributed by atoms with van der Waals surface area (Å²) >= 11 is 0. The molecule has 0 heterocycles. The van der Waals surface area contributed by atoms with Gasteiger partial charge in [-0.15, -0.1) is 0 Å². The lowest BCUT2D eigenvalue weighted by Crippen LogP contribution is -2.40. The summed E-state index contributed by atoms with van der Waals surface area (Å²) in [5, 5.41) is 0. The molecule has 1 rings (SSSR count). The Hall–Kier alpha value is -1.65. The van der Waals surface area contributed by atoms with Gasteiger partial charge in [-0.1, -0.05) is 30.3 Å². The Morgan fingerprint density at radius 1 is 1.12 bits per heavy atom. The van der Waals surface area contributed by atoms with E-state index in [1.807, 2.05) is 0 Å². The molecule has 1 aromatic rings. The van der Waals surface area contributed by atoms with Crippen LogP contribution in [0.3, 0.4) is 0 Å². The fraction of sp³-hybridized carbons (Fsp3) is 0.533. The van der Waals surface area contributed by atoms with E-state index in [2.05, 4.69) is 4.18 Å². The molecule has 0 aliphatic carbocycles. The summed E-state index contributed by atoms with van der Waals surface area (Å²) in [6, 6.07) is 8.57. The van der Waals surface area contributed by atoms with E-state index in [-0.39, 0.29) is 6.61 Å². The van der Waals surface area contributed by atoms with Crippen LogP contribution in [0.1, 0.15) is 26.3 Å². The standard InChI is InChI=1S/C15H19F3O6S/c1-14(2,3)23-13(19)12(24-25(20,21)15(16,17)18)10-22-9-11-7-5-4-6-8-11/h4-8,12H,9-10H2,1-3H3. The van der Waals surface area contributed by atoms with Crippen molar-refractivity contribution in [2.24, 2.45) is 0 Å². The van der Waals surface area contributed by atoms with Gasteiger partial charge < -0.3 is 9.47 Å². The Morgan fingerprint density at radius 2 is 1.68 bits per heavy atom. The predicted molar refractivity (Wildman–Crippen MR) is 81.8 cm³/mol. The van der Waals surface area contributed by atoms with Crippen LogP contribution in [-0.4, -0.2) is 38.2 Å². The van der Waals surface area contributed by atoms with Crippen LogP contribution in [0.4, 0.5) is 13.2 Å². The summed E-state index contributed by atoms with van der Waals surface area (Å²) in [6.45, 7) is 3.66. The molecule has 0 aliphatic rings. The Balaban J connectivity index is 2.82. The van der Waals surface area contributed by atoms with Crippen LogP contribution in [0.25, 0.3) is 0 Å². The zero-order valence-electron chi connectivity index (χ0n) is 13.9. The second-order valence-electron chi connectivity index (χ2n) is 6.02. The van der Waals surface area contributed by atoms with Crippen molar-refractivity contribution in [2.45, 2.75) is 44.6 Å². The molecule has 0 bridgehead atoms. The average Bonchev–Trinajstić information content (AvgIpc) is 2.44. The Morgan fingerprint density at radius 3 is 2.16 bits per heavy atom. The summed E-state index contributed by atoms with van der Waals surface area (Å²) < 4.78 is 73.7. The van der Waals surface area contributed by atoms with Gasteiger partial charge >= 0.3 is 21.6 Å². The molecule has 1 atom stereocenters. The first-order chi connectivity index (χ1) is 11.3. The van der Waals surface area contributed by atoms with E-state index in [9.17, 15) is 26.4 Å². The summed E-state index contributed by atoms with van der Waals surface area (Å²) in [5.74, 6) is -1.27. The lowest BCUT2D eigenvalue weighted by atomic mass is 10.2. The first-order valence-corrected chi connectivity index (χ1v) is 8.57. The maximum absolute atomic E-state index is 12.5. The van der Waals surface area contributed by atoms with Crippen LogP contribution in [0, 0.1) is 0 Å². The third-order valence-corrected chi connectivity index (χ3v) is 3.63. The molecule has 1 aromatic carbocycles. The molecule has 25 heavy (non-hydrogen) atoms. The Labute approximate surface area is 144 Å². The number of carbonyl (C=O) groups is 1. The molecule has 0 radical (unpaired) electrons. The zero-order valence-corrected chi connectivity index (χ0v) is 14.7. The maximum atomic E-state index is 12.5. The third-order valence-electron chi connectivity index (χ3n) is 2.58.